The van der Waals surface area contributed by atoms with Crippen molar-refractivity contribution in [2.75, 3.05) is 5.73 Å². The highest BCUT2D eigenvalue weighted by molar-refractivity contribution is 5.89. The van der Waals surface area contributed by atoms with Gasteiger partial charge in [0, 0.05) is 5.69 Å². The van der Waals surface area contributed by atoms with Crippen LogP contribution in [0.15, 0.2) is 82.0 Å². The van der Waals surface area contributed by atoms with Gasteiger partial charge in [-0.05, 0) is 131 Å². The van der Waals surface area contributed by atoms with Gasteiger partial charge in [0.2, 0.25) is 0 Å². The van der Waals surface area contributed by atoms with E-state index in [1.165, 1.54) is 39.5 Å². The average molecular weight is 561 g/mol. The summed E-state index contributed by atoms with van der Waals surface area (Å²) in [4.78, 5) is 11.2. The summed E-state index contributed by atoms with van der Waals surface area (Å²) in [5.74, 6) is -1.54. The molecule has 0 aliphatic heterocycles. The summed E-state index contributed by atoms with van der Waals surface area (Å²) < 4.78 is 0. The smallest absolute Gasteiger partial charge is 0.335 e. The largest absolute Gasteiger partial charge is 0.871 e. The van der Waals surface area contributed by atoms with Gasteiger partial charge in [0.05, 0.1) is 5.56 Å². The van der Waals surface area contributed by atoms with Crippen molar-refractivity contribution < 1.29 is 15.0 Å². The van der Waals surface area contributed by atoms with Gasteiger partial charge in [0.15, 0.2) is 0 Å². The average Bonchev–Trinajstić information content (AvgIpc) is 2.89. The molecule has 0 aliphatic rings. The lowest BCUT2D eigenvalue weighted by Crippen LogP contribution is -2.06. The number of carboxylic acid groups (broad SMARTS) is 1. The van der Waals surface area contributed by atoms with Gasteiger partial charge in [-0.15, -0.1) is 0 Å². The molecule has 0 aromatic heterocycles. The van der Waals surface area contributed by atoms with E-state index in [1.807, 2.05) is 6.08 Å². The Kier molecular flexibility index (Phi) is 17.2. The van der Waals surface area contributed by atoms with E-state index in [1.54, 1.807) is 0 Å². The zero-order valence-corrected chi connectivity index (χ0v) is 26.7. The van der Waals surface area contributed by atoms with E-state index in [4.69, 9.17) is 5.73 Å². The first-order chi connectivity index (χ1) is 19.4. The highest BCUT2D eigenvalue weighted by Crippen LogP contribution is 2.25. The van der Waals surface area contributed by atoms with E-state index in [0.29, 0.717) is 12.0 Å². The molecule has 0 fully saturated rings. The van der Waals surface area contributed by atoms with Crippen molar-refractivity contribution in [2.45, 2.75) is 119 Å². The van der Waals surface area contributed by atoms with Crippen LogP contribution < -0.4 is 10.8 Å². The minimum absolute atomic E-state index is 0.0143. The SMILES string of the molecule is CC(C)=CCC/C(C)=C/CC/C(C)=C/CC/C(C)=C/CC/C(C)=C/CC/C(C)=C/Cc1cc(C(=O)O)cc([O-])c1N. The number of benzene rings is 1. The molecule has 0 spiro atoms. The molecule has 4 nitrogen and oxygen atoms in total. The minimum Gasteiger partial charge on any atom is -0.871 e. The third kappa shape index (κ3) is 16.6. The Balaban J connectivity index is 2.37. The number of nitrogen functional groups attached to an aromatic ring is 1. The topological polar surface area (TPSA) is 86.4 Å². The van der Waals surface area contributed by atoms with Crippen LogP contribution in [-0.4, -0.2) is 11.1 Å². The molecule has 41 heavy (non-hydrogen) atoms. The van der Waals surface area contributed by atoms with Crippen molar-refractivity contribution >= 4 is 11.7 Å². The van der Waals surface area contributed by atoms with Crippen LogP contribution in [0.25, 0.3) is 0 Å². The Bertz CT molecular complexity index is 1170. The van der Waals surface area contributed by atoms with Crippen LogP contribution in [0.4, 0.5) is 5.69 Å². The highest BCUT2D eigenvalue weighted by Gasteiger charge is 2.07. The number of anilines is 1. The third-order valence-electron chi connectivity index (χ3n) is 7.36. The molecule has 0 saturated carbocycles. The summed E-state index contributed by atoms with van der Waals surface area (Å²) >= 11 is 0. The molecule has 0 saturated heterocycles. The first kappa shape index (κ1) is 35.8. The summed E-state index contributed by atoms with van der Waals surface area (Å²) in [7, 11) is 0. The van der Waals surface area contributed by atoms with Crippen LogP contribution in [-0.2, 0) is 6.42 Å². The lowest BCUT2D eigenvalue weighted by Gasteiger charge is -2.15. The fraction of sp³-hybridized carbons (Fsp3) is 0.486. The maximum atomic E-state index is 11.9. The first-order valence-electron chi connectivity index (χ1n) is 15.1. The van der Waals surface area contributed by atoms with Gasteiger partial charge in [-0.25, -0.2) is 4.79 Å². The van der Waals surface area contributed by atoms with Crippen LogP contribution in [0.5, 0.6) is 5.75 Å². The second-order valence-corrected chi connectivity index (χ2v) is 11.8. The first-order valence-corrected chi connectivity index (χ1v) is 15.1. The normalized spacial score (nSPS) is 13.5. The maximum absolute atomic E-state index is 11.9. The van der Waals surface area contributed by atoms with E-state index in [0.717, 1.165) is 70.3 Å². The van der Waals surface area contributed by atoms with Gasteiger partial charge in [0.25, 0.3) is 0 Å². The van der Waals surface area contributed by atoms with Crippen molar-refractivity contribution in [2.24, 2.45) is 0 Å². The van der Waals surface area contributed by atoms with Crippen molar-refractivity contribution in [1.82, 2.24) is 0 Å². The molecular weight excluding hydrogens is 506 g/mol. The Morgan fingerprint density at radius 3 is 1.39 bits per heavy atom. The minimum atomic E-state index is -1.11. The molecule has 226 valence electrons. The molecule has 0 amide bonds. The molecule has 0 unspecified atom stereocenters. The quantitative estimate of drug-likeness (QED) is 0.138. The van der Waals surface area contributed by atoms with Gasteiger partial charge >= 0.3 is 5.97 Å². The van der Waals surface area contributed by atoms with Crippen molar-refractivity contribution in [3.8, 4) is 5.75 Å². The third-order valence-corrected chi connectivity index (χ3v) is 7.36. The summed E-state index contributed by atoms with van der Waals surface area (Å²) in [6, 6.07) is 2.57. The van der Waals surface area contributed by atoms with Crippen molar-refractivity contribution in [1.29, 1.82) is 0 Å². The van der Waals surface area contributed by atoms with E-state index >= 15 is 0 Å². The molecule has 0 heterocycles. The number of hydrogen-bond acceptors (Lipinski definition) is 3. The van der Waals surface area contributed by atoms with Gasteiger partial charge in [-0.1, -0.05) is 81.7 Å². The van der Waals surface area contributed by atoms with Gasteiger partial charge in [0.1, 0.15) is 0 Å². The standard InChI is InChI=1S/C37H55NO3/c1-27(2)13-8-14-28(3)15-9-16-29(4)17-10-18-30(5)19-11-20-31(6)21-12-22-32(7)23-24-33-25-34(37(40)41)26-35(39)36(33)38/h13,15,17,19,21,23,25-26,39H,8-12,14,16,18,20,22,24,38H2,1-7H3,(H,40,41)/p-1/b28-15+,29-17+,30-19+,31-21+,32-23+. The second kappa shape index (κ2) is 19.7. The number of carbonyl (C=O) groups is 1. The maximum Gasteiger partial charge on any atom is 0.335 e. The number of carboxylic acids is 1. The molecule has 3 N–H and O–H groups in total. The Labute approximate surface area is 250 Å². The number of nitrogens with two attached hydrogens (primary N) is 1. The summed E-state index contributed by atoms with van der Waals surface area (Å²) in [5.41, 5.74) is 15.0. The molecule has 1 aromatic carbocycles. The predicted molar refractivity (Wildman–Crippen MR) is 175 cm³/mol. The van der Waals surface area contributed by atoms with Crippen LogP contribution in [0.2, 0.25) is 0 Å². The van der Waals surface area contributed by atoms with Gasteiger partial charge in [-0.3, -0.25) is 0 Å². The summed E-state index contributed by atoms with van der Waals surface area (Å²) in [5, 5.41) is 21.1. The van der Waals surface area contributed by atoms with Crippen LogP contribution in [0.1, 0.15) is 129 Å². The lowest BCUT2D eigenvalue weighted by molar-refractivity contribution is -0.267. The number of allylic oxidation sites excluding steroid dienone is 12. The molecule has 0 radical (unpaired) electrons. The van der Waals surface area contributed by atoms with Crippen LogP contribution in [0, 0.1) is 0 Å². The summed E-state index contributed by atoms with van der Waals surface area (Å²) in [6.45, 7) is 15.3. The van der Waals surface area contributed by atoms with Crippen LogP contribution in [0.3, 0.4) is 0 Å². The number of rotatable bonds is 18. The Morgan fingerprint density at radius 1 is 0.659 bits per heavy atom. The molecular formula is C37H54NO3-. The van der Waals surface area contributed by atoms with E-state index in [-0.39, 0.29) is 11.3 Å². The van der Waals surface area contributed by atoms with E-state index < -0.39 is 11.7 Å². The molecule has 0 aliphatic carbocycles. The monoisotopic (exact) mass is 560 g/mol. The van der Waals surface area contributed by atoms with Gasteiger partial charge in [-0.2, -0.15) is 0 Å². The molecule has 4 heteroatoms. The second-order valence-electron chi connectivity index (χ2n) is 11.8. The fourth-order valence-corrected chi connectivity index (χ4v) is 4.54. The van der Waals surface area contributed by atoms with Gasteiger partial charge < -0.3 is 15.9 Å². The Morgan fingerprint density at radius 2 is 1.02 bits per heavy atom. The highest BCUT2D eigenvalue weighted by atomic mass is 16.4. The number of aromatic carboxylic acids is 1. The zero-order valence-electron chi connectivity index (χ0n) is 26.7. The molecule has 0 bridgehead atoms. The van der Waals surface area contributed by atoms with Crippen molar-refractivity contribution in [3.05, 3.63) is 93.2 Å². The molecule has 1 rings (SSSR count). The number of hydrogen-bond donors (Lipinski definition) is 2. The van der Waals surface area contributed by atoms with Crippen molar-refractivity contribution in [3.63, 3.8) is 0 Å². The van der Waals surface area contributed by atoms with E-state index in [9.17, 15) is 15.0 Å². The van der Waals surface area contributed by atoms with E-state index in [2.05, 4.69) is 78.8 Å². The predicted octanol–water partition coefficient (Wildman–Crippen LogP) is 10.2. The molecule has 1 aromatic rings. The fourth-order valence-electron chi connectivity index (χ4n) is 4.54. The summed E-state index contributed by atoms with van der Waals surface area (Å²) in [6.07, 6.45) is 25.1. The zero-order chi connectivity index (χ0) is 30.8. The lowest BCUT2D eigenvalue weighted by atomic mass is 10.0. The Hall–Kier alpha value is -3.27. The van der Waals surface area contributed by atoms with Crippen LogP contribution >= 0.6 is 0 Å². The molecule has 0 atom stereocenters.